The summed E-state index contributed by atoms with van der Waals surface area (Å²) in [6.07, 6.45) is -0.446. The van der Waals surface area contributed by atoms with Crippen LogP contribution in [-0.4, -0.2) is 35.9 Å². The first kappa shape index (κ1) is 18.5. The van der Waals surface area contributed by atoms with Crippen molar-refractivity contribution in [3.05, 3.63) is 27.3 Å². The molecular weight excluding hydrogens is 401 g/mol. The van der Waals surface area contributed by atoms with Gasteiger partial charge < -0.3 is 19.9 Å². The number of carbonyl (C=O) groups is 2. The molecule has 1 atom stereocenters. The number of nitrogens with one attached hydrogen (secondary N) is 1. The van der Waals surface area contributed by atoms with Gasteiger partial charge in [-0.3, -0.25) is 0 Å². The van der Waals surface area contributed by atoms with Crippen molar-refractivity contribution in [1.29, 1.82) is 0 Å². The first-order valence-corrected chi connectivity index (χ1v) is 7.75. The van der Waals surface area contributed by atoms with Crippen LogP contribution in [0.1, 0.15) is 26.3 Å². The van der Waals surface area contributed by atoms with Gasteiger partial charge in [-0.1, -0.05) is 6.07 Å². The Morgan fingerprint density at radius 2 is 2.00 bits per heavy atom. The number of methoxy groups -OCH3 is 1. The topological polar surface area (TPSA) is 84.9 Å². The summed E-state index contributed by atoms with van der Waals surface area (Å²) in [5.41, 5.74) is 0.132. The fourth-order valence-electron chi connectivity index (χ4n) is 1.70. The van der Waals surface area contributed by atoms with E-state index in [0.29, 0.717) is 3.57 Å². The highest BCUT2D eigenvalue weighted by atomic mass is 127. The van der Waals surface area contributed by atoms with Gasteiger partial charge in [-0.2, -0.15) is 0 Å². The highest BCUT2D eigenvalue weighted by molar-refractivity contribution is 14.1. The van der Waals surface area contributed by atoms with E-state index in [1.165, 1.54) is 7.11 Å². The van der Waals surface area contributed by atoms with Gasteiger partial charge in [0.05, 0.1) is 10.7 Å². The van der Waals surface area contributed by atoms with Crippen molar-refractivity contribution in [3.8, 4) is 5.75 Å². The van der Waals surface area contributed by atoms with Gasteiger partial charge in [0, 0.05) is 6.42 Å². The van der Waals surface area contributed by atoms with Crippen molar-refractivity contribution in [2.75, 3.05) is 7.11 Å². The van der Waals surface area contributed by atoms with Crippen molar-refractivity contribution in [2.45, 2.75) is 38.8 Å². The Morgan fingerprint density at radius 3 is 2.50 bits per heavy atom. The zero-order valence-corrected chi connectivity index (χ0v) is 15.1. The summed E-state index contributed by atoms with van der Waals surface area (Å²) in [4.78, 5) is 23.6. The molecule has 0 saturated carbocycles. The predicted octanol–water partition coefficient (Wildman–Crippen LogP) is 2.61. The highest BCUT2D eigenvalue weighted by Gasteiger charge is 2.25. The molecule has 1 aromatic carbocycles. The largest absolute Gasteiger partial charge is 0.507 e. The van der Waals surface area contributed by atoms with Crippen LogP contribution in [0.5, 0.6) is 5.75 Å². The third kappa shape index (κ3) is 6.08. The molecule has 0 radical (unpaired) electrons. The number of halogens is 1. The highest BCUT2D eigenvalue weighted by Crippen LogP contribution is 2.21. The van der Waals surface area contributed by atoms with Crippen LogP contribution in [0.2, 0.25) is 0 Å². The predicted molar refractivity (Wildman–Crippen MR) is 89.7 cm³/mol. The van der Waals surface area contributed by atoms with Crippen LogP contribution in [0.25, 0.3) is 0 Å². The molecule has 2 N–H and O–H groups in total. The minimum Gasteiger partial charge on any atom is -0.507 e. The molecule has 0 aliphatic heterocycles. The Hall–Kier alpha value is -1.51. The Kier molecular flexibility index (Phi) is 6.46. The second kappa shape index (κ2) is 7.66. The SMILES string of the molecule is COC(=O)[C@@H](Cc1ccc(O)c(I)c1)NC(=O)OC(C)(C)C. The van der Waals surface area contributed by atoms with Crippen LogP contribution in [0, 0.1) is 3.57 Å². The number of ether oxygens (including phenoxy) is 2. The number of benzene rings is 1. The molecule has 22 heavy (non-hydrogen) atoms. The van der Waals surface area contributed by atoms with Gasteiger partial charge >= 0.3 is 12.1 Å². The number of carbonyl (C=O) groups excluding carboxylic acids is 2. The van der Waals surface area contributed by atoms with Crippen molar-refractivity contribution in [1.82, 2.24) is 5.32 Å². The fourth-order valence-corrected chi connectivity index (χ4v) is 2.28. The van der Waals surface area contributed by atoms with Gasteiger partial charge in [-0.15, -0.1) is 0 Å². The molecule has 1 aromatic rings. The maximum absolute atomic E-state index is 11.8. The van der Waals surface area contributed by atoms with E-state index in [0.717, 1.165) is 5.56 Å². The summed E-state index contributed by atoms with van der Waals surface area (Å²) in [6.45, 7) is 5.21. The zero-order valence-electron chi connectivity index (χ0n) is 13.0. The molecule has 0 bridgehead atoms. The van der Waals surface area contributed by atoms with Crippen LogP contribution in [0.3, 0.4) is 0 Å². The van der Waals surface area contributed by atoms with Crippen LogP contribution in [0.15, 0.2) is 18.2 Å². The third-order valence-corrected chi connectivity index (χ3v) is 3.49. The number of aromatic hydroxyl groups is 1. The number of phenols is 1. The number of esters is 1. The molecule has 0 heterocycles. The molecule has 1 rings (SSSR count). The zero-order chi connectivity index (χ0) is 16.9. The average Bonchev–Trinajstić information content (AvgIpc) is 2.39. The molecule has 1 amide bonds. The lowest BCUT2D eigenvalue weighted by Gasteiger charge is -2.22. The fraction of sp³-hybridized carbons (Fsp3) is 0.467. The Bertz CT molecular complexity index is 553. The van der Waals surface area contributed by atoms with E-state index < -0.39 is 23.7 Å². The van der Waals surface area contributed by atoms with Crippen LogP contribution in [0.4, 0.5) is 4.79 Å². The Labute approximate surface area is 143 Å². The van der Waals surface area contributed by atoms with Gasteiger partial charge in [0.15, 0.2) is 0 Å². The second-order valence-corrected chi connectivity index (χ2v) is 6.87. The minimum absolute atomic E-state index is 0.166. The first-order valence-electron chi connectivity index (χ1n) is 6.67. The monoisotopic (exact) mass is 421 g/mol. The van der Waals surface area contributed by atoms with Gasteiger partial charge in [0.1, 0.15) is 17.4 Å². The normalized spacial score (nSPS) is 12.4. The third-order valence-electron chi connectivity index (χ3n) is 2.63. The van der Waals surface area contributed by atoms with E-state index in [-0.39, 0.29) is 12.2 Å². The van der Waals surface area contributed by atoms with Crippen molar-refractivity contribution >= 4 is 34.7 Å². The smallest absolute Gasteiger partial charge is 0.408 e. The quantitative estimate of drug-likeness (QED) is 0.577. The molecule has 0 unspecified atom stereocenters. The number of alkyl carbamates (subject to hydrolysis) is 1. The lowest BCUT2D eigenvalue weighted by molar-refractivity contribution is -0.143. The number of hydrogen-bond acceptors (Lipinski definition) is 5. The molecule has 0 aromatic heterocycles. The molecule has 0 aliphatic rings. The van der Waals surface area contributed by atoms with E-state index in [9.17, 15) is 14.7 Å². The Morgan fingerprint density at radius 1 is 1.36 bits per heavy atom. The number of rotatable bonds is 4. The van der Waals surface area contributed by atoms with E-state index in [2.05, 4.69) is 5.32 Å². The van der Waals surface area contributed by atoms with Crippen LogP contribution >= 0.6 is 22.6 Å². The summed E-state index contributed by atoms with van der Waals surface area (Å²) in [5.74, 6) is -0.395. The molecule has 7 heteroatoms. The molecule has 0 aliphatic carbocycles. The van der Waals surface area contributed by atoms with Crippen molar-refractivity contribution in [3.63, 3.8) is 0 Å². The van der Waals surface area contributed by atoms with Gasteiger partial charge in [0.2, 0.25) is 0 Å². The molecule has 122 valence electrons. The summed E-state index contributed by atoms with van der Waals surface area (Å²) in [7, 11) is 1.26. The van der Waals surface area contributed by atoms with E-state index in [1.54, 1.807) is 39.0 Å². The lowest BCUT2D eigenvalue weighted by Crippen LogP contribution is -2.45. The van der Waals surface area contributed by atoms with Crippen LogP contribution < -0.4 is 5.32 Å². The molecule has 0 fully saturated rings. The summed E-state index contributed by atoms with van der Waals surface area (Å²) >= 11 is 1.99. The number of phenolic OH excluding ortho intramolecular Hbond substituents is 1. The number of amides is 1. The molecule has 6 nitrogen and oxygen atoms in total. The summed E-state index contributed by atoms with van der Waals surface area (Å²) in [5, 5.41) is 12.0. The van der Waals surface area contributed by atoms with Crippen molar-refractivity contribution in [2.24, 2.45) is 0 Å². The van der Waals surface area contributed by atoms with E-state index in [4.69, 9.17) is 9.47 Å². The number of hydrogen-bond donors (Lipinski definition) is 2. The summed E-state index contributed by atoms with van der Waals surface area (Å²) in [6, 6.07) is 4.10. The summed E-state index contributed by atoms with van der Waals surface area (Å²) < 4.78 is 10.5. The van der Waals surface area contributed by atoms with Gasteiger partial charge in [-0.05, 0) is 61.1 Å². The molecular formula is C15H20INO5. The minimum atomic E-state index is -0.861. The lowest BCUT2D eigenvalue weighted by atomic mass is 10.1. The van der Waals surface area contributed by atoms with E-state index in [1.807, 2.05) is 22.6 Å². The van der Waals surface area contributed by atoms with Gasteiger partial charge in [-0.25, -0.2) is 9.59 Å². The maximum Gasteiger partial charge on any atom is 0.408 e. The second-order valence-electron chi connectivity index (χ2n) is 5.71. The molecule has 0 spiro atoms. The first-order chi connectivity index (χ1) is 10.1. The van der Waals surface area contributed by atoms with Gasteiger partial charge in [0.25, 0.3) is 0 Å². The maximum atomic E-state index is 11.8. The average molecular weight is 421 g/mol. The van der Waals surface area contributed by atoms with Crippen LogP contribution in [-0.2, 0) is 20.7 Å². The molecule has 0 saturated heterocycles. The van der Waals surface area contributed by atoms with Crippen molar-refractivity contribution < 1.29 is 24.2 Å². The standard InChI is InChI=1S/C15H20INO5/c1-15(2,3)22-14(20)17-11(13(19)21-4)8-9-5-6-12(18)10(16)7-9/h5-7,11,18H,8H2,1-4H3,(H,17,20)/t11-/m1/s1. The Balaban J connectivity index is 2.82. The van der Waals surface area contributed by atoms with E-state index >= 15 is 0 Å².